The minimum atomic E-state index is -0.917. The summed E-state index contributed by atoms with van der Waals surface area (Å²) in [6.45, 7) is 5.94. The first-order valence-corrected chi connectivity index (χ1v) is 7.15. The Morgan fingerprint density at radius 1 is 1.20 bits per heavy atom. The number of benzene rings is 1. The zero-order chi connectivity index (χ0) is 14.2. The Balaban J connectivity index is 1.55. The quantitative estimate of drug-likeness (QED) is 0.705. The zero-order valence-electron chi connectivity index (χ0n) is 11.7. The van der Waals surface area contributed by atoms with Crippen LogP contribution in [0.2, 0.25) is 0 Å². The van der Waals surface area contributed by atoms with E-state index in [0.717, 1.165) is 19.6 Å². The van der Waals surface area contributed by atoms with Gasteiger partial charge in [-0.05, 0) is 50.2 Å². The molecule has 2 N–H and O–H groups in total. The van der Waals surface area contributed by atoms with Gasteiger partial charge in [-0.25, -0.2) is 4.79 Å². The molecule has 0 saturated carbocycles. The lowest BCUT2D eigenvalue weighted by Gasteiger charge is -2.14. The lowest BCUT2D eigenvalue weighted by atomic mass is 10.2. The van der Waals surface area contributed by atoms with Gasteiger partial charge >= 0.3 is 5.97 Å². The standard InChI is InChI=1S/C15H22N2O3/c18-15(19)13-3-5-14(6-4-13)20-12-8-16-7-11-17-9-1-2-10-17/h3-6,16H,1-2,7-12H2,(H,18,19). The number of ether oxygens (including phenoxy) is 1. The largest absolute Gasteiger partial charge is 0.492 e. The topological polar surface area (TPSA) is 61.8 Å². The summed E-state index contributed by atoms with van der Waals surface area (Å²) in [6, 6.07) is 6.48. The van der Waals surface area contributed by atoms with Crippen molar-refractivity contribution < 1.29 is 14.6 Å². The van der Waals surface area contributed by atoms with Crippen molar-refractivity contribution in [1.29, 1.82) is 0 Å². The summed E-state index contributed by atoms with van der Waals surface area (Å²) in [6.07, 6.45) is 2.66. The SMILES string of the molecule is O=C(O)c1ccc(OCCNCCN2CCCC2)cc1. The van der Waals surface area contributed by atoms with Crippen LogP contribution in [0.3, 0.4) is 0 Å². The summed E-state index contributed by atoms with van der Waals surface area (Å²) < 4.78 is 5.54. The number of carboxylic acids is 1. The van der Waals surface area contributed by atoms with Crippen LogP contribution in [0.15, 0.2) is 24.3 Å². The van der Waals surface area contributed by atoms with Crippen LogP contribution >= 0.6 is 0 Å². The Hall–Kier alpha value is -1.59. The Morgan fingerprint density at radius 2 is 1.90 bits per heavy atom. The maximum atomic E-state index is 10.7. The van der Waals surface area contributed by atoms with Crippen LogP contribution in [0, 0.1) is 0 Å². The molecular formula is C15H22N2O3. The molecule has 1 fully saturated rings. The van der Waals surface area contributed by atoms with E-state index in [-0.39, 0.29) is 5.56 Å². The maximum absolute atomic E-state index is 10.7. The van der Waals surface area contributed by atoms with E-state index >= 15 is 0 Å². The lowest BCUT2D eigenvalue weighted by Crippen LogP contribution is -2.32. The number of aromatic carboxylic acids is 1. The zero-order valence-corrected chi connectivity index (χ0v) is 11.7. The second-order valence-corrected chi connectivity index (χ2v) is 4.98. The van der Waals surface area contributed by atoms with Gasteiger partial charge in [0.25, 0.3) is 0 Å². The Morgan fingerprint density at radius 3 is 2.55 bits per heavy atom. The summed E-state index contributed by atoms with van der Waals surface area (Å²) in [4.78, 5) is 13.2. The summed E-state index contributed by atoms with van der Waals surface area (Å²) >= 11 is 0. The highest BCUT2D eigenvalue weighted by Gasteiger charge is 2.09. The average molecular weight is 278 g/mol. The van der Waals surface area contributed by atoms with E-state index < -0.39 is 5.97 Å². The first-order valence-electron chi connectivity index (χ1n) is 7.15. The molecule has 0 bridgehead atoms. The van der Waals surface area contributed by atoms with Gasteiger partial charge in [-0.3, -0.25) is 0 Å². The molecule has 1 heterocycles. The molecule has 2 rings (SSSR count). The van der Waals surface area contributed by atoms with E-state index in [0.29, 0.717) is 12.4 Å². The summed E-state index contributed by atoms with van der Waals surface area (Å²) in [5, 5.41) is 12.1. The predicted molar refractivity (Wildman–Crippen MR) is 77.4 cm³/mol. The number of nitrogens with one attached hydrogen (secondary N) is 1. The Kier molecular flexibility index (Phi) is 5.83. The van der Waals surface area contributed by atoms with Crippen molar-refractivity contribution in [3.63, 3.8) is 0 Å². The second-order valence-electron chi connectivity index (χ2n) is 4.98. The highest BCUT2D eigenvalue weighted by molar-refractivity contribution is 5.87. The molecule has 1 aliphatic heterocycles. The van der Waals surface area contributed by atoms with Gasteiger partial charge in [-0.1, -0.05) is 0 Å². The van der Waals surface area contributed by atoms with Crippen LogP contribution in [0.4, 0.5) is 0 Å². The first-order chi connectivity index (χ1) is 9.75. The number of likely N-dealkylation sites (tertiary alicyclic amines) is 1. The van der Waals surface area contributed by atoms with Crippen molar-refractivity contribution in [2.24, 2.45) is 0 Å². The molecule has 0 radical (unpaired) electrons. The van der Waals surface area contributed by atoms with Gasteiger partial charge < -0.3 is 20.1 Å². The lowest BCUT2D eigenvalue weighted by molar-refractivity contribution is 0.0697. The third kappa shape index (κ3) is 4.83. The van der Waals surface area contributed by atoms with E-state index in [1.54, 1.807) is 24.3 Å². The molecule has 0 aromatic heterocycles. The smallest absolute Gasteiger partial charge is 0.335 e. The van der Waals surface area contributed by atoms with Crippen LogP contribution in [0.1, 0.15) is 23.2 Å². The number of carbonyl (C=O) groups is 1. The molecule has 0 amide bonds. The van der Waals surface area contributed by atoms with Gasteiger partial charge in [0, 0.05) is 19.6 Å². The molecule has 0 spiro atoms. The fourth-order valence-corrected chi connectivity index (χ4v) is 2.30. The molecule has 1 aliphatic rings. The van der Waals surface area contributed by atoms with Gasteiger partial charge in [0.05, 0.1) is 5.56 Å². The molecule has 1 aromatic rings. The van der Waals surface area contributed by atoms with E-state index in [9.17, 15) is 4.79 Å². The minimum absolute atomic E-state index is 0.279. The van der Waals surface area contributed by atoms with Crippen molar-refractivity contribution in [2.75, 3.05) is 39.3 Å². The van der Waals surface area contributed by atoms with Gasteiger partial charge in [0.15, 0.2) is 0 Å². The van der Waals surface area contributed by atoms with Crippen LogP contribution in [-0.2, 0) is 0 Å². The van der Waals surface area contributed by atoms with Gasteiger partial charge in [-0.2, -0.15) is 0 Å². The normalized spacial score (nSPS) is 15.4. The van der Waals surface area contributed by atoms with Crippen LogP contribution in [0.25, 0.3) is 0 Å². The average Bonchev–Trinajstić information content (AvgIpc) is 2.96. The predicted octanol–water partition coefficient (Wildman–Crippen LogP) is 1.45. The number of carboxylic acid groups (broad SMARTS) is 1. The molecule has 5 nitrogen and oxygen atoms in total. The molecule has 1 saturated heterocycles. The van der Waals surface area contributed by atoms with Crippen LogP contribution in [0.5, 0.6) is 5.75 Å². The molecule has 1 aromatic carbocycles. The first kappa shape index (κ1) is 14.8. The number of rotatable bonds is 8. The van der Waals surface area contributed by atoms with Crippen molar-refractivity contribution in [3.8, 4) is 5.75 Å². The third-order valence-corrected chi connectivity index (χ3v) is 3.45. The fraction of sp³-hybridized carbons (Fsp3) is 0.533. The van der Waals surface area contributed by atoms with Crippen molar-refractivity contribution >= 4 is 5.97 Å². The van der Waals surface area contributed by atoms with Crippen molar-refractivity contribution in [1.82, 2.24) is 10.2 Å². The summed E-state index contributed by atoms with van der Waals surface area (Å²) in [5.41, 5.74) is 0.279. The number of hydrogen-bond donors (Lipinski definition) is 2. The monoisotopic (exact) mass is 278 g/mol. The molecule has 0 unspecified atom stereocenters. The Labute approximate surface area is 119 Å². The third-order valence-electron chi connectivity index (χ3n) is 3.45. The van der Waals surface area contributed by atoms with Gasteiger partial charge in [-0.15, -0.1) is 0 Å². The Bertz CT molecular complexity index is 414. The molecule has 20 heavy (non-hydrogen) atoms. The minimum Gasteiger partial charge on any atom is -0.492 e. The van der Waals surface area contributed by atoms with E-state index in [2.05, 4.69) is 10.2 Å². The molecule has 110 valence electrons. The van der Waals surface area contributed by atoms with Crippen molar-refractivity contribution in [3.05, 3.63) is 29.8 Å². The molecule has 0 aliphatic carbocycles. The van der Waals surface area contributed by atoms with E-state index in [4.69, 9.17) is 9.84 Å². The van der Waals surface area contributed by atoms with Crippen LogP contribution < -0.4 is 10.1 Å². The van der Waals surface area contributed by atoms with Gasteiger partial charge in [0.2, 0.25) is 0 Å². The summed E-state index contributed by atoms with van der Waals surface area (Å²) in [7, 11) is 0. The molecule has 0 atom stereocenters. The number of hydrogen-bond acceptors (Lipinski definition) is 4. The van der Waals surface area contributed by atoms with E-state index in [1.165, 1.54) is 25.9 Å². The summed E-state index contributed by atoms with van der Waals surface area (Å²) in [5.74, 6) is -0.212. The maximum Gasteiger partial charge on any atom is 0.335 e. The fourth-order valence-electron chi connectivity index (χ4n) is 2.30. The van der Waals surface area contributed by atoms with Crippen molar-refractivity contribution in [2.45, 2.75) is 12.8 Å². The highest BCUT2D eigenvalue weighted by atomic mass is 16.5. The highest BCUT2D eigenvalue weighted by Crippen LogP contribution is 2.11. The number of nitrogens with zero attached hydrogens (tertiary/aromatic N) is 1. The van der Waals surface area contributed by atoms with Crippen LogP contribution in [-0.4, -0.2) is 55.3 Å². The van der Waals surface area contributed by atoms with E-state index in [1.807, 2.05) is 0 Å². The van der Waals surface area contributed by atoms with Gasteiger partial charge in [0.1, 0.15) is 12.4 Å². The second kappa shape index (κ2) is 7.87. The molecular weight excluding hydrogens is 256 g/mol. The molecule has 5 heteroatoms.